The van der Waals surface area contributed by atoms with Gasteiger partial charge in [0.1, 0.15) is 12.7 Å². The molecule has 0 radical (unpaired) electrons. The number of aromatic nitrogens is 3. The van der Waals surface area contributed by atoms with E-state index >= 15 is 0 Å². The Bertz CT molecular complexity index is 729. The Balaban J connectivity index is 0.000000878. The fraction of sp³-hybridized carbons (Fsp3) is 0.474. The van der Waals surface area contributed by atoms with Crippen molar-refractivity contribution in [3.05, 3.63) is 42.5 Å². The molecule has 1 aromatic heterocycles. The number of nitrogens with one attached hydrogen (secondary N) is 1. The van der Waals surface area contributed by atoms with Crippen LogP contribution in [-0.2, 0) is 4.79 Å². The lowest BCUT2D eigenvalue weighted by Gasteiger charge is -2.36. The van der Waals surface area contributed by atoms with Crippen molar-refractivity contribution in [2.24, 2.45) is 0 Å². The number of hydrogen-bond donors (Lipinski definition) is 2. The van der Waals surface area contributed by atoms with E-state index in [4.69, 9.17) is 9.90 Å². The van der Waals surface area contributed by atoms with Gasteiger partial charge in [-0.2, -0.15) is 5.10 Å². The highest BCUT2D eigenvalue weighted by Crippen LogP contribution is 2.13. The second kappa shape index (κ2) is 11.2. The number of para-hydroxylation sites is 1. The number of carbonyl (C=O) groups is 2. The third-order valence-corrected chi connectivity index (χ3v) is 4.82. The molecule has 9 nitrogen and oxygen atoms in total. The largest absolute Gasteiger partial charge is 0.483 e. The van der Waals surface area contributed by atoms with Crippen LogP contribution < -0.4 is 5.32 Å². The summed E-state index contributed by atoms with van der Waals surface area (Å²) in [5.41, 5.74) is 1.35. The summed E-state index contributed by atoms with van der Waals surface area (Å²) in [5, 5.41) is 14.1. The molecule has 1 aromatic carbocycles. The van der Waals surface area contributed by atoms with Crippen molar-refractivity contribution in [1.82, 2.24) is 29.9 Å². The molecule has 0 spiro atoms. The van der Waals surface area contributed by atoms with Crippen LogP contribution in [0.5, 0.6) is 0 Å². The smallest absolute Gasteiger partial charge is 0.290 e. The zero-order valence-electron chi connectivity index (χ0n) is 16.4. The lowest BCUT2D eigenvalue weighted by molar-refractivity contribution is -0.122. The number of carbonyl (C=O) groups excluding carboxylic acids is 1. The Hall–Kier alpha value is -2.78. The third kappa shape index (κ3) is 6.14. The molecule has 0 bridgehead atoms. The normalized spacial score (nSPS) is 15.9. The third-order valence-electron chi connectivity index (χ3n) is 4.82. The maximum atomic E-state index is 12.6. The molecule has 1 unspecified atom stereocenters. The number of likely N-dealkylation sites (N-methyl/N-ethyl adjacent to an activating group) is 1. The molecule has 9 heteroatoms. The summed E-state index contributed by atoms with van der Waals surface area (Å²) < 4.78 is 1.61. The number of rotatable bonds is 6. The molecule has 1 atom stereocenters. The van der Waals surface area contributed by atoms with Gasteiger partial charge in [0.2, 0.25) is 0 Å². The average Bonchev–Trinajstić information content (AvgIpc) is 3.23. The Labute approximate surface area is 165 Å². The van der Waals surface area contributed by atoms with E-state index in [9.17, 15) is 4.79 Å². The van der Waals surface area contributed by atoms with Crippen molar-refractivity contribution in [2.45, 2.75) is 19.4 Å². The van der Waals surface area contributed by atoms with Gasteiger partial charge >= 0.3 is 0 Å². The fourth-order valence-corrected chi connectivity index (χ4v) is 3.13. The van der Waals surface area contributed by atoms with Crippen LogP contribution in [0.25, 0.3) is 5.69 Å². The zero-order valence-corrected chi connectivity index (χ0v) is 16.4. The molecule has 1 fully saturated rings. The quantitative estimate of drug-likeness (QED) is 0.703. The molecule has 3 rings (SSSR count). The van der Waals surface area contributed by atoms with Gasteiger partial charge in [-0.25, -0.2) is 9.67 Å². The van der Waals surface area contributed by atoms with E-state index in [0.29, 0.717) is 18.2 Å². The maximum absolute atomic E-state index is 12.6. The first-order valence-corrected chi connectivity index (χ1v) is 9.29. The van der Waals surface area contributed by atoms with Crippen LogP contribution in [0.3, 0.4) is 0 Å². The second-order valence-electron chi connectivity index (χ2n) is 6.70. The molecule has 2 heterocycles. The SMILES string of the molecule is CC(CCNC(=O)c1ccccc1-n1cncn1)N1CCN(C)CC1.O=CO. The summed E-state index contributed by atoms with van der Waals surface area (Å²) in [6, 6.07) is 7.91. The minimum Gasteiger partial charge on any atom is -0.483 e. The van der Waals surface area contributed by atoms with E-state index in [2.05, 4.69) is 39.2 Å². The summed E-state index contributed by atoms with van der Waals surface area (Å²) in [4.78, 5) is 29.7. The minimum atomic E-state index is -0.250. The van der Waals surface area contributed by atoms with E-state index in [1.54, 1.807) is 11.0 Å². The van der Waals surface area contributed by atoms with E-state index in [1.165, 1.54) is 6.33 Å². The Kier molecular flexibility index (Phi) is 8.57. The molecule has 1 aliphatic rings. The van der Waals surface area contributed by atoms with Crippen LogP contribution in [0, 0.1) is 0 Å². The molecule has 2 aromatic rings. The van der Waals surface area contributed by atoms with Gasteiger partial charge < -0.3 is 15.3 Å². The van der Waals surface area contributed by atoms with E-state index in [0.717, 1.165) is 38.3 Å². The van der Waals surface area contributed by atoms with Gasteiger partial charge in [0.15, 0.2) is 0 Å². The predicted molar refractivity (Wildman–Crippen MR) is 106 cm³/mol. The van der Waals surface area contributed by atoms with Gasteiger partial charge in [0.25, 0.3) is 12.4 Å². The number of benzene rings is 1. The highest BCUT2D eigenvalue weighted by Gasteiger charge is 2.19. The molecule has 2 N–H and O–H groups in total. The van der Waals surface area contributed by atoms with E-state index < -0.39 is 0 Å². The summed E-state index contributed by atoms with van der Waals surface area (Å²) in [6.45, 7) is 7.07. The zero-order chi connectivity index (χ0) is 20.4. The maximum Gasteiger partial charge on any atom is 0.290 e. The molecule has 1 aliphatic heterocycles. The number of piperazine rings is 1. The Morgan fingerprint density at radius 1 is 1.29 bits per heavy atom. The summed E-state index contributed by atoms with van der Waals surface area (Å²) in [7, 11) is 2.16. The van der Waals surface area contributed by atoms with E-state index in [-0.39, 0.29) is 12.4 Å². The van der Waals surface area contributed by atoms with Crippen molar-refractivity contribution in [3.8, 4) is 5.69 Å². The molecule has 152 valence electrons. The molecular formula is C19H28N6O3. The van der Waals surface area contributed by atoms with Crippen LogP contribution in [0.2, 0.25) is 0 Å². The number of hydrogen-bond acceptors (Lipinski definition) is 6. The molecule has 0 saturated carbocycles. The van der Waals surface area contributed by atoms with Crippen LogP contribution in [0.4, 0.5) is 0 Å². The molecular weight excluding hydrogens is 360 g/mol. The highest BCUT2D eigenvalue weighted by atomic mass is 16.3. The highest BCUT2D eigenvalue weighted by molar-refractivity contribution is 5.97. The first-order chi connectivity index (χ1) is 13.6. The van der Waals surface area contributed by atoms with Crippen molar-refractivity contribution in [2.75, 3.05) is 39.8 Å². The van der Waals surface area contributed by atoms with Gasteiger partial charge in [-0.15, -0.1) is 0 Å². The molecule has 0 aliphatic carbocycles. The number of amides is 1. The number of carboxylic acid groups (broad SMARTS) is 1. The topological polar surface area (TPSA) is 104 Å². The lowest BCUT2D eigenvalue weighted by Crippen LogP contribution is -2.48. The van der Waals surface area contributed by atoms with Crippen LogP contribution in [0.1, 0.15) is 23.7 Å². The standard InChI is InChI=1S/C18H26N6O.CH2O2/c1-15(23-11-9-22(2)10-12-23)7-8-20-18(25)16-5-3-4-6-17(16)24-14-19-13-21-24;2-1-3/h3-6,13-15H,7-12H2,1-2H3,(H,20,25);1H,(H,2,3). The number of nitrogens with zero attached hydrogens (tertiary/aromatic N) is 5. The molecule has 1 saturated heterocycles. The summed E-state index contributed by atoms with van der Waals surface area (Å²) >= 11 is 0. The van der Waals surface area contributed by atoms with Gasteiger partial charge in [-0.1, -0.05) is 12.1 Å². The van der Waals surface area contributed by atoms with Crippen molar-refractivity contribution in [3.63, 3.8) is 0 Å². The van der Waals surface area contributed by atoms with Gasteiger partial charge in [0, 0.05) is 38.8 Å². The molecule has 28 heavy (non-hydrogen) atoms. The fourth-order valence-electron chi connectivity index (χ4n) is 3.13. The first kappa shape index (κ1) is 21.5. The molecule has 1 amide bonds. The van der Waals surface area contributed by atoms with Gasteiger partial charge in [-0.3, -0.25) is 14.5 Å². The average molecular weight is 388 g/mol. The van der Waals surface area contributed by atoms with Gasteiger partial charge in [-0.05, 0) is 32.5 Å². The van der Waals surface area contributed by atoms with Gasteiger partial charge in [0.05, 0.1) is 11.3 Å². The van der Waals surface area contributed by atoms with Crippen LogP contribution in [-0.4, -0.2) is 87.9 Å². The van der Waals surface area contributed by atoms with Crippen LogP contribution in [0.15, 0.2) is 36.9 Å². The summed E-state index contributed by atoms with van der Waals surface area (Å²) in [5.74, 6) is -0.0725. The van der Waals surface area contributed by atoms with Crippen molar-refractivity contribution < 1.29 is 14.7 Å². The lowest BCUT2D eigenvalue weighted by atomic mass is 10.1. The monoisotopic (exact) mass is 388 g/mol. The predicted octanol–water partition coefficient (Wildman–Crippen LogP) is 0.724. The minimum absolute atomic E-state index is 0.0725. The second-order valence-corrected chi connectivity index (χ2v) is 6.70. The van der Waals surface area contributed by atoms with Crippen molar-refractivity contribution >= 4 is 12.4 Å². The van der Waals surface area contributed by atoms with Crippen LogP contribution >= 0.6 is 0 Å². The Morgan fingerprint density at radius 3 is 2.61 bits per heavy atom. The Morgan fingerprint density at radius 2 is 1.96 bits per heavy atom. The van der Waals surface area contributed by atoms with Crippen molar-refractivity contribution in [1.29, 1.82) is 0 Å². The summed E-state index contributed by atoms with van der Waals surface area (Å²) in [6.07, 6.45) is 4.01. The first-order valence-electron chi connectivity index (χ1n) is 9.29. The van der Waals surface area contributed by atoms with E-state index in [1.807, 2.05) is 24.3 Å².